The Balaban J connectivity index is 1.59. The fourth-order valence-electron chi connectivity index (χ4n) is 4.40. The molecule has 1 aliphatic heterocycles. The summed E-state index contributed by atoms with van der Waals surface area (Å²) in [6.45, 7) is 11.1. The van der Waals surface area contributed by atoms with E-state index in [0.29, 0.717) is 13.2 Å². The maximum absolute atomic E-state index is 9.01. The van der Waals surface area contributed by atoms with Crippen molar-refractivity contribution >= 4 is 0 Å². The molecule has 1 aliphatic rings. The summed E-state index contributed by atoms with van der Waals surface area (Å²) in [5.41, 5.74) is 4.73. The number of likely N-dealkylation sites (N-methyl/N-ethyl adjacent to an activating group) is 1. The van der Waals surface area contributed by atoms with Gasteiger partial charge in [-0.15, -0.1) is 0 Å². The Labute approximate surface area is 193 Å². The Morgan fingerprint density at radius 1 is 0.844 bits per heavy atom. The molecule has 0 aromatic heterocycles. The van der Waals surface area contributed by atoms with Crippen LogP contribution in [-0.4, -0.2) is 74.5 Å². The highest BCUT2D eigenvalue weighted by atomic mass is 16.5. The van der Waals surface area contributed by atoms with Gasteiger partial charge in [-0.3, -0.25) is 0 Å². The van der Waals surface area contributed by atoms with Gasteiger partial charge in [-0.05, 0) is 94.1 Å². The molecule has 0 bridgehead atoms. The smallest absolute Gasteiger partial charge is 0.122 e. The Morgan fingerprint density at radius 3 is 1.97 bits per heavy atom. The molecular weight excluding hydrogens is 400 g/mol. The van der Waals surface area contributed by atoms with Gasteiger partial charge in [0.2, 0.25) is 0 Å². The van der Waals surface area contributed by atoms with Gasteiger partial charge in [-0.2, -0.15) is 0 Å². The number of aliphatic hydroxyl groups is 1. The van der Waals surface area contributed by atoms with Crippen LogP contribution < -0.4 is 9.47 Å². The van der Waals surface area contributed by atoms with Crippen molar-refractivity contribution in [3.8, 4) is 22.6 Å². The minimum atomic E-state index is 0.194. The van der Waals surface area contributed by atoms with Crippen LogP contribution in [0.15, 0.2) is 36.4 Å². The highest BCUT2D eigenvalue weighted by molar-refractivity contribution is 5.74. The van der Waals surface area contributed by atoms with Crippen LogP contribution in [0, 0.1) is 13.8 Å². The molecule has 3 rings (SSSR count). The molecular formula is C27H40N2O3. The number of ether oxygens (including phenoxy) is 2. The summed E-state index contributed by atoms with van der Waals surface area (Å²) in [5.74, 6) is 1.91. The second-order valence-corrected chi connectivity index (χ2v) is 8.84. The first kappa shape index (κ1) is 24.6. The maximum Gasteiger partial charge on any atom is 0.122 e. The third kappa shape index (κ3) is 6.96. The quantitative estimate of drug-likeness (QED) is 0.464. The topological polar surface area (TPSA) is 45.2 Å². The number of likely N-dealkylation sites (tertiary alicyclic amines) is 1. The molecule has 0 atom stereocenters. The predicted molar refractivity (Wildman–Crippen MR) is 132 cm³/mol. The molecule has 0 amide bonds. The average Bonchev–Trinajstić information content (AvgIpc) is 3.30. The Kier molecular flexibility index (Phi) is 9.85. The molecule has 1 N–H and O–H groups in total. The van der Waals surface area contributed by atoms with Gasteiger partial charge in [0.25, 0.3) is 0 Å². The minimum absolute atomic E-state index is 0.194. The fourth-order valence-corrected chi connectivity index (χ4v) is 4.40. The van der Waals surface area contributed by atoms with Crippen LogP contribution >= 0.6 is 0 Å². The predicted octanol–water partition coefficient (Wildman–Crippen LogP) is 4.53. The van der Waals surface area contributed by atoms with E-state index in [0.717, 1.165) is 49.6 Å². The number of hydrogen-bond donors (Lipinski definition) is 1. The Hall–Kier alpha value is -2.08. The summed E-state index contributed by atoms with van der Waals surface area (Å²) in [6, 6.07) is 12.6. The van der Waals surface area contributed by atoms with Gasteiger partial charge in [0.05, 0.1) is 19.8 Å². The van der Waals surface area contributed by atoms with Gasteiger partial charge in [0, 0.05) is 19.6 Å². The number of hydrogen-bond acceptors (Lipinski definition) is 5. The van der Waals surface area contributed by atoms with Crippen LogP contribution in [0.2, 0.25) is 0 Å². The lowest BCUT2D eigenvalue weighted by Crippen LogP contribution is -2.24. The van der Waals surface area contributed by atoms with Crippen LogP contribution in [0.5, 0.6) is 11.5 Å². The van der Waals surface area contributed by atoms with E-state index in [1.54, 1.807) is 0 Å². The van der Waals surface area contributed by atoms with Crippen LogP contribution in [0.3, 0.4) is 0 Å². The van der Waals surface area contributed by atoms with E-state index in [1.165, 1.54) is 42.6 Å². The molecule has 32 heavy (non-hydrogen) atoms. The molecule has 0 saturated carbocycles. The first-order valence-corrected chi connectivity index (χ1v) is 12.1. The Morgan fingerprint density at radius 2 is 1.41 bits per heavy atom. The fraction of sp³-hybridized carbons (Fsp3) is 0.556. The molecule has 2 aromatic carbocycles. The van der Waals surface area contributed by atoms with E-state index in [2.05, 4.69) is 54.0 Å². The number of nitrogens with zero attached hydrogens (tertiary/aromatic N) is 2. The summed E-state index contributed by atoms with van der Waals surface area (Å²) >= 11 is 0. The maximum atomic E-state index is 9.01. The molecule has 2 aromatic rings. The molecule has 1 heterocycles. The normalized spacial score (nSPS) is 14.3. The van der Waals surface area contributed by atoms with E-state index in [1.807, 2.05) is 13.1 Å². The lowest BCUT2D eigenvalue weighted by molar-refractivity contribution is 0.207. The molecule has 0 aliphatic carbocycles. The number of rotatable bonds is 13. The number of benzene rings is 2. The van der Waals surface area contributed by atoms with Crippen LogP contribution in [0.1, 0.15) is 36.8 Å². The van der Waals surface area contributed by atoms with Gasteiger partial charge in [-0.1, -0.05) is 24.3 Å². The summed E-state index contributed by atoms with van der Waals surface area (Å²) < 4.78 is 12.3. The first-order chi connectivity index (χ1) is 15.6. The van der Waals surface area contributed by atoms with Gasteiger partial charge >= 0.3 is 0 Å². The van der Waals surface area contributed by atoms with Gasteiger partial charge in [0.15, 0.2) is 0 Å². The SMILES string of the molecule is Cc1c(OCCCN(C)CCO)cccc1-c1cccc(OCCCN2CCCC2)c1C. The van der Waals surface area contributed by atoms with Gasteiger partial charge in [-0.25, -0.2) is 0 Å². The van der Waals surface area contributed by atoms with E-state index < -0.39 is 0 Å². The zero-order valence-electron chi connectivity index (χ0n) is 20.1. The van der Waals surface area contributed by atoms with E-state index in [4.69, 9.17) is 14.6 Å². The molecule has 5 heteroatoms. The first-order valence-electron chi connectivity index (χ1n) is 12.1. The van der Waals surface area contributed by atoms with Crippen molar-refractivity contribution in [2.24, 2.45) is 0 Å². The summed E-state index contributed by atoms with van der Waals surface area (Å²) in [7, 11) is 2.02. The monoisotopic (exact) mass is 440 g/mol. The molecule has 1 fully saturated rings. The molecule has 0 spiro atoms. The van der Waals surface area contributed by atoms with E-state index in [9.17, 15) is 0 Å². The third-order valence-corrected chi connectivity index (χ3v) is 6.36. The largest absolute Gasteiger partial charge is 0.493 e. The van der Waals surface area contributed by atoms with Gasteiger partial charge in [0.1, 0.15) is 11.5 Å². The van der Waals surface area contributed by atoms with Gasteiger partial charge < -0.3 is 24.4 Å². The van der Waals surface area contributed by atoms with Crippen molar-refractivity contribution in [1.82, 2.24) is 9.80 Å². The van der Waals surface area contributed by atoms with Crippen LogP contribution in [-0.2, 0) is 0 Å². The second kappa shape index (κ2) is 12.8. The van der Waals surface area contributed by atoms with E-state index >= 15 is 0 Å². The Bertz CT molecular complexity index is 834. The van der Waals surface area contributed by atoms with Crippen molar-refractivity contribution in [3.05, 3.63) is 47.5 Å². The van der Waals surface area contributed by atoms with Crippen molar-refractivity contribution in [2.45, 2.75) is 39.5 Å². The summed E-state index contributed by atoms with van der Waals surface area (Å²) in [4.78, 5) is 4.65. The van der Waals surface area contributed by atoms with Crippen molar-refractivity contribution in [3.63, 3.8) is 0 Å². The van der Waals surface area contributed by atoms with Crippen LogP contribution in [0.25, 0.3) is 11.1 Å². The molecule has 176 valence electrons. The van der Waals surface area contributed by atoms with E-state index in [-0.39, 0.29) is 6.61 Å². The average molecular weight is 441 g/mol. The zero-order valence-corrected chi connectivity index (χ0v) is 20.1. The molecule has 0 unspecified atom stereocenters. The third-order valence-electron chi connectivity index (χ3n) is 6.36. The lowest BCUT2D eigenvalue weighted by atomic mass is 9.95. The van der Waals surface area contributed by atoms with Crippen molar-refractivity contribution < 1.29 is 14.6 Å². The lowest BCUT2D eigenvalue weighted by Gasteiger charge is -2.18. The summed E-state index contributed by atoms with van der Waals surface area (Å²) in [5, 5.41) is 9.01. The number of aliphatic hydroxyl groups excluding tert-OH is 1. The zero-order chi connectivity index (χ0) is 22.8. The van der Waals surface area contributed by atoms with Crippen LogP contribution in [0.4, 0.5) is 0 Å². The minimum Gasteiger partial charge on any atom is -0.493 e. The van der Waals surface area contributed by atoms with Crippen molar-refractivity contribution in [1.29, 1.82) is 0 Å². The molecule has 0 radical (unpaired) electrons. The standard InChI is InChI=1S/C27H40N2O3/c1-22-24(10-6-12-26(22)31-20-8-14-28(3)18-19-30)25-11-7-13-27(23(25)2)32-21-9-17-29-15-4-5-16-29/h6-7,10-13,30H,4-5,8-9,14-21H2,1-3H3. The highest BCUT2D eigenvalue weighted by Gasteiger charge is 2.13. The second-order valence-electron chi connectivity index (χ2n) is 8.84. The molecule has 1 saturated heterocycles. The van der Waals surface area contributed by atoms with Crippen molar-refractivity contribution in [2.75, 3.05) is 59.6 Å². The summed E-state index contributed by atoms with van der Waals surface area (Å²) in [6.07, 6.45) is 4.68. The molecule has 5 nitrogen and oxygen atoms in total. The highest BCUT2D eigenvalue weighted by Crippen LogP contribution is 2.35.